The summed E-state index contributed by atoms with van der Waals surface area (Å²) >= 11 is 0. The minimum atomic E-state index is -4.10. The molecule has 0 spiro atoms. The molecule has 0 atom stereocenters. The molecule has 0 saturated carbocycles. The van der Waals surface area contributed by atoms with E-state index in [1.165, 1.54) is 0 Å². The molecule has 0 heterocycles. The SMILES string of the molecule is CCN(CCC#N)CCC(F)(F)F. The highest BCUT2D eigenvalue weighted by atomic mass is 19.4. The van der Waals surface area contributed by atoms with Gasteiger partial charge in [0.1, 0.15) is 0 Å². The Labute approximate surface area is 75.9 Å². The van der Waals surface area contributed by atoms with Gasteiger partial charge in [0, 0.05) is 19.5 Å². The molecule has 0 amide bonds. The summed E-state index contributed by atoms with van der Waals surface area (Å²) in [6.07, 6.45) is -4.61. The largest absolute Gasteiger partial charge is 0.390 e. The molecule has 0 unspecified atom stereocenters. The monoisotopic (exact) mass is 194 g/mol. The van der Waals surface area contributed by atoms with E-state index in [9.17, 15) is 13.2 Å². The average Bonchev–Trinajstić information content (AvgIpc) is 2.03. The van der Waals surface area contributed by atoms with Crippen LogP contribution in [-0.4, -0.2) is 30.7 Å². The second kappa shape index (κ2) is 5.81. The van der Waals surface area contributed by atoms with E-state index in [1.54, 1.807) is 11.8 Å². The van der Waals surface area contributed by atoms with Gasteiger partial charge in [-0.3, -0.25) is 0 Å². The Balaban J connectivity index is 3.67. The minimum absolute atomic E-state index is 0.0122. The van der Waals surface area contributed by atoms with Crippen LogP contribution in [0.15, 0.2) is 0 Å². The maximum Gasteiger partial charge on any atom is 0.390 e. The first-order chi connectivity index (χ1) is 5.99. The second-order valence-electron chi connectivity index (χ2n) is 2.71. The van der Waals surface area contributed by atoms with E-state index in [0.717, 1.165) is 0 Å². The zero-order valence-electron chi connectivity index (χ0n) is 7.56. The van der Waals surface area contributed by atoms with Crippen molar-refractivity contribution in [3.63, 3.8) is 0 Å². The molecule has 0 saturated heterocycles. The zero-order chi connectivity index (χ0) is 10.3. The summed E-state index contributed by atoms with van der Waals surface area (Å²) in [6.45, 7) is 2.75. The molecular formula is C8H13F3N2. The van der Waals surface area contributed by atoms with Gasteiger partial charge >= 0.3 is 6.18 Å². The lowest BCUT2D eigenvalue weighted by atomic mass is 10.3. The molecule has 0 rings (SSSR count). The fourth-order valence-corrected chi connectivity index (χ4v) is 0.921. The maximum atomic E-state index is 11.8. The van der Waals surface area contributed by atoms with Crippen molar-refractivity contribution in [1.29, 1.82) is 5.26 Å². The van der Waals surface area contributed by atoms with Crippen molar-refractivity contribution in [2.45, 2.75) is 25.9 Å². The lowest BCUT2D eigenvalue weighted by molar-refractivity contribution is -0.137. The number of nitrogens with zero attached hydrogens (tertiary/aromatic N) is 2. The van der Waals surface area contributed by atoms with Crippen LogP contribution in [0.3, 0.4) is 0 Å². The normalized spacial score (nSPS) is 11.7. The fraction of sp³-hybridized carbons (Fsp3) is 0.875. The quantitative estimate of drug-likeness (QED) is 0.670. The van der Waals surface area contributed by atoms with Crippen molar-refractivity contribution in [2.24, 2.45) is 0 Å². The highest BCUT2D eigenvalue weighted by Crippen LogP contribution is 2.19. The molecule has 0 bridgehead atoms. The molecular weight excluding hydrogens is 181 g/mol. The molecule has 0 N–H and O–H groups in total. The first-order valence-electron chi connectivity index (χ1n) is 4.15. The van der Waals surface area contributed by atoms with E-state index < -0.39 is 12.6 Å². The van der Waals surface area contributed by atoms with E-state index in [4.69, 9.17) is 5.26 Å². The molecule has 0 fully saturated rings. The first-order valence-corrected chi connectivity index (χ1v) is 4.15. The lowest BCUT2D eigenvalue weighted by Crippen LogP contribution is -2.28. The van der Waals surface area contributed by atoms with Crippen molar-refractivity contribution in [3.05, 3.63) is 0 Å². The van der Waals surface area contributed by atoms with E-state index in [1.807, 2.05) is 6.07 Å². The van der Waals surface area contributed by atoms with Crippen LogP contribution in [-0.2, 0) is 0 Å². The Morgan fingerprint density at radius 3 is 2.31 bits per heavy atom. The molecule has 13 heavy (non-hydrogen) atoms. The second-order valence-corrected chi connectivity index (χ2v) is 2.71. The summed E-state index contributed by atoms with van der Waals surface area (Å²) in [5.74, 6) is 0. The third-order valence-electron chi connectivity index (χ3n) is 1.70. The number of alkyl halides is 3. The molecule has 2 nitrogen and oxygen atoms in total. The van der Waals surface area contributed by atoms with Gasteiger partial charge in [0.25, 0.3) is 0 Å². The van der Waals surface area contributed by atoms with Gasteiger partial charge in [-0.15, -0.1) is 0 Å². The highest BCUT2D eigenvalue weighted by molar-refractivity contribution is 4.72. The lowest BCUT2D eigenvalue weighted by Gasteiger charge is -2.19. The third kappa shape index (κ3) is 7.60. The topological polar surface area (TPSA) is 27.0 Å². The molecule has 0 aliphatic rings. The van der Waals surface area contributed by atoms with Gasteiger partial charge in [-0.05, 0) is 6.54 Å². The molecule has 0 aromatic rings. The summed E-state index contributed by atoms with van der Waals surface area (Å²) in [4.78, 5) is 1.62. The van der Waals surface area contributed by atoms with Crippen LogP contribution in [0.4, 0.5) is 13.2 Å². The molecule has 0 aromatic heterocycles. The Bertz CT molecular complexity index is 171. The van der Waals surface area contributed by atoms with Gasteiger partial charge in [-0.1, -0.05) is 6.92 Å². The third-order valence-corrected chi connectivity index (χ3v) is 1.70. The van der Waals surface area contributed by atoms with Crippen LogP contribution >= 0.6 is 0 Å². The summed E-state index contributed by atoms with van der Waals surface area (Å²) in [5, 5.41) is 8.24. The van der Waals surface area contributed by atoms with Crippen molar-refractivity contribution >= 4 is 0 Å². The van der Waals surface area contributed by atoms with Crippen LogP contribution < -0.4 is 0 Å². The van der Waals surface area contributed by atoms with E-state index >= 15 is 0 Å². The average molecular weight is 194 g/mol. The predicted octanol–water partition coefficient (Wildman–Crippen LogP) is 2.17. The van der Waals surface area contributed by atoms with Gasteiger partial charge in [0.05, 0.1) is 12.5 Å². The van der Waals surface area contributed by atoms with Gasteiger partial charge < -0.3 is 4.90 Å². The van der Waals surface area contributed by atoms with E-state index in [-0.39, 0.29) is 13.0 Å². The van der Waals surface area contributed by atoms with Crippen LogP contribution in [0, 0.1) is 11.3 Å². The number of hydrogen-bond acceptors (Lipinski definition) is 2. The van der Waals surface area contributed by atoms with Crippen LogP contribution in [0.1, 0.15) is 19.8 Å². The van der Waals surface area contributed by atoms with E-state index in [0.29, 0.717) is 13.1 Å². The van der Waals surface area contributed by atoms with Crippen LogP contribution in [0.2, 0.25) is 0 Å². The predicted molar refractivity (Wildman–Crippen MR) is 43.0 cm³/mol. The molecule has 5 heteroatoms. The Hall–Kier alpha value is -0.760. The van der Waals surface area contributed by atoms with Crippen molar-refractivity contribution in [2.75, 3.05) is 19.6 Å². The summed E-state index contributed by atoms with van der Waals surface area (Å²) in [7, 11) is 0. The fourth-order valence-electron chi connectivity index (χ4n) is 0.921. The smallest absolute Gasteiger partial charge is 0.302 e. The van der Waals surface area contributed by atoms with E-state index in [2.05, 4.69) is 0 Å². The molecule has 0 aliphatic heterocycles. The summed E-state index contributed by atoms with van der Waals surface area (Å²) < 4.78 is 35.3. The number of hydrogen-bond donors (Lipinski definition) is 0. The standard InChI is InChI=1S/C8H13F3N2/c1-2-13(6-3-5-12)7-4-8(9,10)11/h2-4,6-7H2,1H3. The van der Waals surface area contributed by atoms with Gasteiger partial charge in [-0.2, -0.15) is 18.4 Å². The van der Waals surface area contributed by atoms with Crippen molar-refractivity contribution < 1.29 is 13.2 Å². The highest BCUT2D eigenvalue weighted by Gasteiger charge is 2.27. The van der Waals surface area contributed by atoms with Crippen molar-refractivity contribution in [3.8, 4) is 6.07 Å². The number of nitriles is 1. The van der Waals surface area contributed by atoms with Gasteiger partial charge in [0.15, 0.2) is 0 Å². The van der Waals surface area contributed by atoms with Crippen LogP contribution in [0.25, 0.3) is 0 Å². The van der Waals surface area contributed by atoms with Gasteiger partial charge in [0.2, 0.25) is 0 Å². The Kier molecular flexibility index (Phi) is 5.47. The first kappa shape index (κ1) is 12.2. The number of rotatable bonds is 5. The molecule has 0 aliphatic carbocycles. The van der Waals surface area contributed by atoms with Crippen molar-refractivity contribution in [1.82, 2.24) is 4.90 Å². The van der Waals surface area contributed by atoms with Gasteiger partial charge in [-0.25, -0.2) is 0 Å². The Morgan fingerprint density at radius 1 is 1.31 bits per heavy atom. The zero-order valence-corrected chi connectivity index (χ0v) is 7.56. The molecule has 0 radical (unpaired) electrons. The summed E-state index contributed by atoms with van der Waals surface area (Å²) in [6, 6.07) is 1.91. The Morgan fingerprint density at radius 2 is 1.92 bits per heavy atom. The maximum absolute atomic E-state index is 11.8. The minimum Gasteiger partial charge on any atom is -0.302 e. The number of halogens is 3. The molecule has 0 aromatic carbocycles. The molecule has 76 valence electrons. The van der Waals surface area contributed by atoms with Crippen LogP contribution in [0.5, 0.6) is 0 Å². The summed E-state index contributed by atoms with van der Waals surface area (Å²) in [5.41, 5.74) is 0.